The number of hydrogen-bond donors (Lipinski definition) is 2. The van der Waals surface area contributed by atoms with E-state index in [0.29, 0.717) is 0 Å². The van der Waals surface area contributed by atoms with Gasteiger partial charge in [-0.05, 0) is 15.9 Å². The van der Waals surface area contributed by atoms with Crippen LogP contribution < -0.4 is 5.56 Å². The van der Waals surface area contributed by atoms with Crippen LogP contribution in [0, 0.1) is 5.82 Å². The Balaban J connectivity index is 3.02. The Morgan fingerprint density at radius 3 is 3.00 bits per heavy atom. The van der Waals surface area contributed by atoms with Gasteiger partial charge < -0.3 is 10.1 Å². The summed E-state index contributed by atoms with van der Waals surface area (Å²) in [7, 11) is 0. The van der Waals surface area contributed by atoms with Crippen LogP contribution in [0.2, 0.25) is 0 Å². The van der Waals surface area contributed by atoms with Gasteiger partial charge in [0.1, 0.15) is 10.4 Å². The summed E-state index contributed by atoms with van der Waals surface area (Å²) in [4.78, 5) is 16.9. The maximum absolute atomic E-state index is 13.4. The zero-order valence-corrected chi connectivity index (χ0v) is 8.30. The predicted molar refractivity (Wildman–Crippen MR) is 51.7 cm³/mol. The highest BCUT2D eigenvalue weighted by molar-refractivity contribution is 9.10. The van der Waals surface area contributed by atoms with Gasteiger partial charge in [0.25, 0.3) is 5.56 Å². The summed E-state index contributed by atoms with van der Waals surface area (Å²) in [5, 5.41) is 9.50. The van der Waals surface area contributed by atoms with Crippen LogP contribution in [0.3, 0.4) is 0 Å². The molecule has 2 aromatic heterocycles. The SMILES string of the molecule is O=c1cc(O)c2cnc(Br)c(F)c2[nH]1. The van der Waals surface area contributed by atoms with E-state index in [9.17, 15) is 14.3 Å². The highest BCUT2D eigenvalue weighted by Gasteiger charge is 2.10. The summed E-state index contributed by atoms with van der Waals surface area (Å²) in [6.07, 6.45) is 1.27. The molecule has 0 spiro atoms. The maximum atomic E-state index is 13.4. The number of aromatic amines is 1. The fourth-order valence-corrected chi connectivity index (χ4v) is 1.44. The number of aromatic hydroxyl groups is 1. The van der Waals surface area contributed by atoms with E-state index >= 15 is 0 Å². The van der Waals surface area contributed by atoms with Gasteiger partial charge in [-0.25, -0.2) is 9.37 Å². The van der Waals surface area contributed by atoms with Gasteiger partial charge in [-0.2, -0.15) is 0 Å². The lowest BCUT2D eigenvalue weighted by atomic mass is 10.2. The Bertz CT molecular complexity index is 567. The summed E-state index contributed by atoms with van der Waals surface area (Å²) in [6, 6.07) is 0.970. The summed E-state index contributed by atoms with van der Waals surface area (Å²) in [5.41, 5.74) is -0.621. The quantitative estimate of drug-likeness (QED) is 0.705. The topological polar surface area (TPSA) is 66.0 Å². The summed E-state index contributed by atoms with van der Waals surface area (Å²) in [6.45, 7) is 0. The highest BCUT2D eigenvalue weighted by atomic mass is 79.9. The molecule has 0 saturated carbocycles. The third-order valence-corrected chi connectivity index (χ3v) is 2.32. The highest BCUT2D eigenvalue weighted by Crippen LogP contribution is 2.25. The minimum Gasteiger partial charge on any atom is -0.507 e. The fourth-order valence-electron chi connectivity index (χ4n) is 1.14. The predicted octanol–water partition coefficient (Wildman–Crippen LogP) is 1.53. The average molecular weight is 259 g/mol. The molecule has 0 aliphatic carbocycles. The second-order valence-corrected chi connectivity index (χ2v) is 3.42. The van der Waals surface area contributed by atoms with Crippen LogP contribution in [0.25, 0.3) is 10.9 Å². The van der Waals surface area contributed by atoms with E-state index in [2.05, 4.69) is 25.9 Å². The van der Waals surface area contributed by atoms with Gasteiger partial charge in [-0.15, -0.1) is 0 Å². The van der Waals surface area contributed by atoms with Crippen molar-refractivity contribution in [2.45, 2.75) is 0 Å². The smallest absolute Gasteiger partial charge is 0.252 e. The molecule has 0 aliphatic heterocycles. The van der Waals surface area contributed by atoms with Gasteiger partial charge in [0.15, 0.2) is 5.82 Å². The monoisotopic (exact) mass is 258 g/mol. The third-order valence-electron chi connectivity index (χ3n) is 1.77. The van der Waals surface area contributed by atoms with Crippen LogP contribution in [0.1, 0.15) is 0 Å². The Hall–Kier alpha value is -1.43. The van der Waals surface area contributed by atoms with Crippen molar-refractivity contribution >= 4 is 26.8 Å². The van der Waals surface area contributed by atoms with Gasteiger partial charge in [0.05, 0.1) is 10.9 Å². The molecule has 0 atom stereocenters. The molecule has 0 aliphatic rings. The minimum absolute atomic E-state index is 0.00810. The largest absolute Gasteiger partial charge is 0.507 e. The molecule has 6 heteroatoms. The summed E-state index contributed by atoms with van der Waals surface area (Å²) in [5.74, 6) is -0.988. The number of halogens is 2. The van der Waals surface area contributed by atoms with Crippen molar-refractivity contribution in [2.75, 3.05) is 0 Å². The molecule has 0 aromatic carbocycles. The third kappa shape index (κ3) is 1.27. The van der Waals surface area contributed by atoms with Gasteiger partial charge in [0.2, 0.25) is 0 Å². The van der Waals surface area contributed by atoms with Gasteiger partial charge in [-0.1, -0.05) is 0 Å². The number of rotatable bonds is 0. The van der Waals surface area contributed by atoms with E-state index in [1.165, 1.54) is 6.20 Å². The molecule has 0 saturated heterocycles. The number of nitrogens with zero attached hydrogens (tertiary/aromatic N) is 1. The number of pyridine rings is 2. The average Bonchev–Trinajstić information content (AvgIpc) is 2.12. The molecule has 72 valence electrons. The lowest BCUT2D eigenvalue weighted by Crippen LogP contribution is -2.05. The molecule has 2 N–H and O–H groups in total. The molecule has 0 radical (unpaired) electrons. The number of H-pyrrole nitrogens is 1. The Labute approximate surface area is 85.5 Å². The number of fused-ring (bicyclic) bond motifs is 1. The molecule has 2 aromatic rings. The fraction of sp³-hybridized carbons (Fsp3) is 0. The molecule has 0 unspecified atom stereocenters. The molecule has 14 heavy (non-hydrogen) atoms. The summed E-state index contributed by atoms with van der Waals surface area (Å²) >= 11 is 2.88. The van der Waals surface area contributed by atoms with E-state index in [-0.39, 0.29) is 21.3 Å². The molecule has 2 heterocycles. The van der Waals surface area contributed by atoms with Crippen molar-refractivity contribution in [2.24, 2.45) is 0 Å². The number of nitrogens with one attached hydrogen (secondary N) is 1. The zero-order valence-electron chi connectivity index (χ0n) is 6.71. The molecule has 0 bridgehead atoms. The Morgan fingerprint density at radius 1 is 1.57 bits per heavy atom. The second kappa shape index (κ2) is 3.06. The van der Waals surface area contributed by atoms with Crippen LogP contribution >= 0.6 is 15.9 Å². The van der Waals surface area contributed by atoms with E-state index in [1.807, 2.05) is 0 Å². The molecule has 2 rings (SSSR count). The number of aromatic nitrogens is 2. The van der Waals surface area contributed by atoms with Gasteiger partial charge in [0, 0.05) is 12.3 Å². The molecule has 0 amide bonds. The van der Waals surface area contributed by atoms with Crippen molar-refractivity contribution in [1.82, 2.24) is 9.97 Å². The first kappa shape index (κ1) is 9.14. The Morgan fingerprint density at radius 2 is 2.29 bits per heavy atom. The molecule has 4 nitrogen and oxygen atoms in total. The van der Waals surface area contributed by atoms with Crippen molar-refractivity contribution in [3.8, 4) is 5.75 Å². The van der Waals surface area contributed by atoms with Gasteiger partial charge in [-0.3, -0.25) is 4.79 Å². The lowest BCUT2D eigenvalue weighted by molar-refractivity contribution is 0.479. The first-order valence-electron chi connectivity index (χ1n) is 3.65. The van der Waals surface area contributed by atoms with Crippen molar-refractivity contribution in [3.63, 3.8) is 0 Å². The standard InChI is InChI=1S/C8H4BrFN2O2/c9-8-6(10)7-3(2-11-8)4(13)1-5(14)12-7/h1-2H,(H2,12,13,14). The lowest BCUT2D eigenvalue weighted by Gasteiger charge is -2.01. The minimum atomic E-state index is -0.699. The molecule has 0 fully saturated rings. The van der Waals surface area contributed by atoms with Crippen LogP contribution in [0.15, 0.2) is 21.7 Å². The van der Waals surface area contributed by atoms with Crippen LogP contribution in [-0.2, 0) is 0 Å². The van der Waals surface area contributed by atoms with Crippen molar-refractivity contribution in [3.05, 3.63) is 33.0 Å². The van der Waals surface area contributed by atoms with Crippen LogP contribution in [-0.4, -0.2) is 15.1 Å². The van der Waals surface area contributed by atoms with E-state index in [1.54, 1.807) is 0 Å². The normalized spacial score (nSPS) is 10.7. The summed E-state index contributed by atoms with van der Waals surface area (Å²) < 4.78 is 13.4. The van der Waals surface area contributed by atoms with Crippen molar-refractivity contribution in [1.29, 1.82) is 0 Å². The van der Waals surface area contributed by atoms with E-state index in [4.69, 9.17) is 0 Å². The van der Waals surface area contributed by atoms with Gasteiger partial charge >= 0.3 is 0 Å². The molecular weight excluding hydrogens is 255 g/mol. The second-order valence-electron chi connectivity index (χ2n) is 2.67. The molecular formula is C8H4BrFN2O2. The first-order chi connectivity index (χ1) is 6.59. The zero-order chi connectivity index (χ0) is 10.3. The number of hydrogen-bond acceptors (Lipinski definition) is 3. The van der Waals surface area contributed by atoms with Crippen LogP contribution in [0.5, 0.6) is 5.75 Å². The first-order valence-corrected chi connectivity index (χ1v) is 4.45. The van der Waals surface area contributed by atoms with E-state index in [0.717, 1.165) is 6.07 Å². The van der Waals surface area contributed by atoms with E-state index < -0.39 is 11.4 Å². The maximum Gasteiger partial charge on any atom is 0.252 e. The van der Waals surface area contributed by atoms with Crippen molar-refractivity contribution < 1.29 is 9.50 Å². The Kier molecular flexibility index (Phi) is 1.99. The van der Waals surface area contributed by atoms with Crippen LogP contribution in [0.4, 0.5) is 4.39 Å².